The number of hydrogen-bond donors (Lipinski definition) is 1. The zero-order valence-corrected chi connectivity index (χ0v) is 15.7. The van der Waals surface area contributed by atoms with Crippen molar-refractivity contribution in [2.75, 3.05) is 18.5 Å². The van der Waals surface area contributed by atoms with Crippen LogP contribution in [0.25, 0.3) is 0 Å². The molecule has 1 amide bonds. The Morgan fingerprint density at radius 2 is 1.75 bits per heavy atom. The quantitative estimate of drug-likeness (QED) is 0.736. The summed E-state index contributed by atoms with van der Waals surface area (Å²) < 4.78 is 12.1. The summed E-state index contributed by atoms with van der Waals surface area (Å²) in [5.74, 6) is 1.74. The van der Waals surface area contributed by atoms with Crippen LogP contribution in [0.1, 0.15) is 19.4 Å². The van der Waals surface area contributed by atoms with Gasteiger partial charge < -0.3 is 14.8 Å². The first kappa shape index (κ1) is 18.3. The van der Waals surface area contributed by atoms with E-state index in [1.165, 1.54) is 0 Å². The van der Waals surface area contributed by atoms with Crippen LogP contribution in [-0.4, -0.2) is 19.1 Å². The molecule has 2 aromatic rings. The van der Waals surface area contributed by atoms with Gasteiger partial charge in [-0.3, -0.25) is 4.79 Å². The lowest BCUT2D eigenvalue weighted by atomic mass is 10.2. The predicted octanol–water partition coefficient (Wildman–Crippen LogP) is 4.81. The molecule has 0 saturated heterocycles. The first-order chi connectivity index (χ1) is 11.4. The van der Waals surface area contributed by atoms with Crippen LogP contribution < -0.4 is 14.8 Å². The fourth-order valence-electron chi connectivity index (χ4n) is 1.95. The van der Waals surface area contributed by atoms with Crippen molar-refractivity contribution in [3.63, 3.8) is 0 Å². The van der Waals surface area contributed by atoms with Crippen LogP contribution >= 0.6 is 15.9 Å². The molecule has 0 radical (unpaired) electrons. The van der Waals surface area contributed by atoms with Crippen molar-refractivity contribution in [3.8, 4) is 11.5 Å². The lowest BCUT2D eigenvalue weighted by molar-refractivity contribution is -0.118. The van der Waals surface area contributed by atoms with E-state index in [1.807, 2.05) is 49.4 Å². The molecule has 0 fully saturated rings. The highest BCUT2D eigenvalue weighted by molar-refractivity contribution is 9.10. The Morgan fingerprint density at radius 3 is 2.38 bits per heavy atom. The number of anilines is 1. The molecular weight excluding hydrogens is 370 g/mol. The van der Waals surface area contributed by atoms with Crippen molar-refractivity contribution in [2.24, 2.45) is 5.92 Å². The lowest BCUT2D eigenvalue weighted by Gasteiger charge is -2.10. The lowest BCUT2D eigenvalue weighted by Crippen LogP contribution is -2.20. The van der Waals surface area contributed by atoms with Gasteiger partial charge in [-0.25, -0.2) is 0 Å². The van der Waals surface area contributed by atoms with Crippen molar-refractivity contribution >= 4 is 27.5 Å². The van der Waals surface area contributed by atoms with E-state index in [9.17, 15) is 4.79 Å². The third-order valence-electron chi connectivity index (χ3n) is 3.22. The maximum atomic E-state index is 12.0. The van der Waals surface area contributed by atoms with Gasteiger partial charge in [0.25, 0.3) is 5.91 Å². The average Bonchev–Trinajstić information content (AvgIpc) is 2.55. The topological polar surface area (TPSA) is 47.6 Å². The van der Waals surface area contributed by atoms with Crippen molar-refractivity contribution < 1.29 is 14.3 Å². The molecule has 128 valence electrons. The number of carbonyl (C=O) groups excluding carboxylic acids is 1. The molecule has 0 aliphatic carbocycles. The van der Waals surface area contributed by atoms with Crippen molar-refractivity contribution in [3.05, 3.63) is 52.5 Å². The molecule has 0 atom stereocenters. The summed E-state index contributed by atoms with van der Waals surface area (Å²) >= 11 is 3.43. The fourth-order valence-corrected chi connectivity index (χ4v) is 2.20. The van der Waals surface area contributed by atoms with Gasteiger partial charge in [0.2, 0.25) is 0 Å². The van der Waals surface area contributed by atoms with Gasteiger partial charge in [-0.2, -0.15) is 0 Å². The van der Waals surface area contributed by atoms with Crippen LogP contribution in [0.2, 0.25) is 0 Å². The molecule has 4 nitrogen and oxygen atoms in total. The minimum absolute atomic E-state index is 0.0350. The van der Waals surface area contributed by atoms with Crippen LogP contribution in [0.4, 0.5) is 5.69 Å². The average molecular weight is 392 g/mol. The summed E-state index contributed by atoms with van der Waals surface area (Å²) in [6.45, 7) is 6.81. The molecule has 0 aliphatic rings. The molecule has 0 bridgehead atoms. The van der Waals surface area contributed by atoms with Gasteiger partial charge >= 0.3 is 0 Å². The SMILES string of the molecule is Cc1cc(OCC(=O)Nc2ccc(OCC(C)C)cc2)ccc1Br. The number of nitrogens with one attached hydrogen (secondary N) is 1. The molecule has 2 rings (SSSR count). The molecule has 2 aromatic carbocycles. The number of ether oxygens (including phenoxy) is 2. The first-order valence-corrected chi connectivity index (χ1v) is 8.65. The zero-order valence-electron chi connectivity index (χ0n) is 14.1. The third kappa shape index (κ3) is 5.89. The first-order valence-electron chi connectivity index (χ1n) is 7.85. The molecule has 1 N–H and O–H groups in total. The number of rotatable bonds is 7. The Morgan fingerprint density at radius 1 is 1.08 bits per heavy atom. The second-order valence-corrected chi connectivity index (χ2v) is 6.83. The number of carbonyl (C=O) groups is 1. The van der Waals surface area contributed by atoms with E-state index in [0.717, 1.165) is 15.8 Å². The Labute approximate surface area is 151 Å². The number of halogens is 1. The Bertz CT molecular complexity index is 684. The van der Waals surface area contributed by atoms with E-state index in [0.29, 0.717) is 24.0 Å². The Balaban J connectivity index is 1.82. The van der Waals surface area contributed by atoms with E-state index in [4.69, 9.17) is 9.47 Å². The maximum Gasteiger partial charge on any atom is 0.262 e. The summed E-state index contributed by atoms with van der Waals surface area (Å²) in [7, 11) is 0. The summed E-state index contributed by atoms with van der Waals surface area (Å²) in [6.07, 6.45) is 0. The molecule has 0 spiro atoms. The van der Waals surface area contributed by atoms with Crippen molar-refractivity contribution in [2.45, 2.75) is 20.8 Å². The van der Waals surface area contributed by atoms with Gasteiger partial charge in [-0.15, -0.1) is 0 Å². The highest BCUT2D eigenvalue weighted by Gasteiger charge is 2.05. The molecule has 5 heteroatoms. The molecule has 0 aromatic heterocycles. The van der Waals surface area contributed by atoms with Gasteiger partial charge in [-0.05, 0) is 60.9 Å². The van der Waals surface area contributed by atoms with Gasteiger partial charge in [0.1, 0.15) is 11.5 Å². The van der Waals surface area contributed by atoms with Gasteiger partial charge in [-0.1, -0.05) is 29.8 Å². The van der Waals surface area contributed by atoms with Gasteiger partial charge in [0.05, 0.1) is 6.61 Å². The van der Waals surface area contributed by atoms with E-state index in [1.54, 1.807) is 0 Å². The van der Waals surface area contributed by atoms with Crippen LogP contribution in [0.5, 0.6) is 11.5 Å². The highest BCUT2D eigenvalue weighted by atomic mass is 79.9. The van der Waals surface area contributed by atoms with Crippen molar-refractivity contribution in [1.29, 1.82) is 0 Å². The van der Waals surface area contributed by atoms with Gasteiger partial charge in [0, 0.05) is 10.2 Å². The number of hydrogen-bond acceptors (Lipinski definition) is 3. The third-order valence-corrected chi connectivity index (χ3v) is 4.11. The monoisotopic (exact) mass is 391 g/mol. The van der Waals surface area contributed by atoms with E-state index >= 15 is 0 Å². The second kappa shape index (κ2) is 8.73. The normalized spacial score (nSPS) is 10.5. The summed E-state index contributed by atoms with van der Waals surface area (Å²) in [5.41, 5.74) is 1.78. The molecular formula is C19H22BrNO3. The molecule has 0 saturated carbocycles. The molecule has 0 heterocycles. The standard InChI is InChI=1S/C19H22BrNO3/c1-13(2)11-23-16-6-4-15(5-7-16)21-19(22)12-24-17-8-9-18(20)14(3)10-17/h4-10,13H,11-12H2,1-3H3,(H,21,22). The van der Waals surface area contributed by atoms with Crippen LogP contribution in [0.15, 0.2) is 46.9 Å². The maximum absolute atomic E-state index is 12.0. The largest absolute Gasteiger partial charge is 0.493 e. The molecule has 0 aliphatic heterocycles. The zero-order chi connectivity index (χ0) is 17.5. The predicted molar refractivity (Wildman–Crippen MR) is 99.8 cm³/mol. The summed E-state index contributed by atoms with van der Waals surface area (Å²) in [5, 5.41) is 2.80. The van der Waals surface area contributed by atoms with Gasteiger partial charge in [0.15, 0.2) is 6.61 Å². The van der Waals surface area contributed by atoms with Crippen LogP contribution in [0.3, 0.4) is 0 Å². The Kier molecular flexibility index (Phi) is 6.67. The number of amides is 1. The summed E-state index contributed by atoms with van der Waals surface area (Å²) in [6, 6.07) is 12.9. The van der Waals surface area contributed by atoms with Crippen molar-refractivity contribution in [1.82, 2.24) is 0 Å². The number of aryl methyl sites for hydroxylation is 1. The Hall–Kier alpha value is -2.01. The second-order valence-electron chi connectivity index (χ2n) is 5.98. The minimum atomic E-state index is -0.202. The van der Waals surface area contributed by atoms with Crippen LogP contribution in [-0.2, 0) is 4.79 Å². The highest BCUT2D eigenvalue weighted by Crippen LogP contribution is 2.21. The molecule has 24 heavy (non-hydrogen) atoms. The van der Waals surface area contributed by atoms with E-state index in [2.05, 4.69) is 35.1 Å². The fraction of sp³-hybridized carbons (Fsp3) is 0.316. The molecule has 0 unspecified atom stereocenters. The summed E-state index contributed by atoms with van der Waals surface area (Å²) in [4.78, 5) is 12.0. The smallest absolute Gasteiger partial charge is 0.262 e. The number of benzene rings is 2. The van der Waals surface area contributed by atoms with E-state index < -0.39 is 0 Å². The minimum Gasteiger partial charge on any atom is -0.493 e. The van der Waals surface area contributed by atoms with Crippen LogP contribution in [0, 0.1) is 12.8 Å². The van der Waals surface area contributed by atoms with E-state index in [-0.39, 0.29) is 12.5 Å².